The molecule has 8 heteroatoms. The minimum Gasteiger partial charge on any atom is -0.445 e. The summed E-state index contributed by atoms with van der Waals surface area (Å²) in [7, 11) is 0. The standard InChI is InChI=1S/C30H28FN3O4/c1-3-32-29(35)37-17-24-25(18-38-30(36)33-4-2)28-23-11-6-5-9-21(23)22-10-7-8-12-26(22)34(28)27(24)19-13-15-20(31)16-14-19/h5-16H,3-4,17-18H2,1-2H3,(H,32,35)(H,33,36). The molecule has 0 unspecified atom stereocenters. The van der Waals surface area contributed by atoms with Crippen molar-refractivity contribution in [2.24, 2.45) is 0 Å². The minimum absolute atomic E-state index is 0.0487. The molecule has 0 aliphatic heterocycles. The van der Waals surface area contributed by atoms with Gasteiger partial charge in [-0.25, -0.2) is 14.0 Å². The van der Waals surface area contributed by atoms with Crippen molar-refractivity contribution in [1.29, 1.82) is 0 Å². The predicted octanol–water partition coefficient (Wildman–Crippen LogP) is 6.54. The van der Waals surface area contributed by atoms with Crippen molar-refractivity contribution in [3.8, 4) is 11.3 Å². The van der Waals surface area contributed by atoms with Crippen molar-refractivity contribution in [3.63, 3.8) is 0 Å². The highest BCUT2D eigenvalue weighted by atomic mass is 19.1. The number of nitrogens with zero attached hydrogens (tertiary/aromatic N) is 1. The van der Waals surface area contributed by atoms with Gasteiger partial charge in [0.15, 0.2) is 0 Å². The number of rotatable bonds is 7. The van der Waals surface area contributed by atoms with Crippen LogP contribution in [0.25, 0.3) is 38.4 Å². The zero-order valence-corrected chi connectivity index (χ0v) is 21.2. The topological polar surface area (TPSA) is 81.1 Å². The van der Waals surface area contributed by atoms with Gasteiger partial charge in [0.05, 0.1) is 16.7 Å². The Hall–Kier alpha value is -4.59. The van der Waals surface area contributed by atoms with Crippen molar-refractivity contribution < 1.29 is 23.5 Å². The van der Waals surface area contributed by atoms with Crippen molar-refractivity contribution >= 4 is 39.4 Å². The summed E-state index contributed by atoms with van der Waals surface area (Å²) in [4.78, 5) is 24.7. The molecule has 0 spiro atoms. The maximum atomic E-state index is 14.0. The third kappa shape index (κ3) is 4.61. The highest BCUT2D eigenvalue weighted by Crippen LogP contribution is 2.40. The second kappa shape index (κ2) is 10.8. The molecular formula is C30H28FN3O4. The molecule has 38 heavy (non-hydrogen) atoms. The normalized spacial score (nSPS) is 11.1. The van der Waals surface area contributed by atoms with E-state index in [1.807, 2.05) is 50.2 Å². The Morgan fingerprint density at radius 1 is 0.737 bits per heavy atom. The molecule has 0 aliphatic rings. The Morgan fingerprint density at radius 3 is 1.92 bits per heavy atom. The first-order valence-electron chi connectivity index (χ1n) is 12.6. The SMILES string of the molecule is CCNC(=O)OCc1c(COC(=O)NCC)c2c3ccccc3c3ccccc3n2c1-c1ccc(F)cc1. The summed E-state index contributed by atoms with van der Waals surface area (Å²) in [6.45, 7) is 4.35. The molecule has 0 bridgehead atoms. The largest absolute Gasteiger partial charge is 0.445 e. The van der Waals surface area contributed by atoms with E-state index in [9.17, 15) is 14.0 Å². The number of para-hydroxylation sites is 1. The van der Waals surface area contributed by atoms with Crippen molar-refractivity contribution in [2.45, 2.75) is 27.1 Å². The van der Waals surface area contributed by atoms with Gasteiger partial charge in [-0.3, -0.25) is 0 Å². The van der Waals surface area contributed by atoms with Crippen molar-refractivity contribution in [1.82, 2.24) is 15.0 Å². The van der Waals surface area contributed by atoms with Crippen LogP contribution in [0.2, 0.25) is 0 Å². The van der Waals surface area contributed by atoms with E-state index in [-0.39, 0.29) is 19.0 Å². The van der Waals surface area contributed by atoms with Gasteiger partial charge in [-0.1, -0.05) is 42.5 Å². The maximum absolute atomic E-state index is 14.0. The molecule has 0 aliphatic carbocycles. The zero-order chi connectivity index (χ0) is 26.6. The Bertz CT molecular complexity index is 1640. The molecule has 2 heterocycles. The van der Waals surface area contributed by atoms with E-state index in [2.05, 4.69) is 27.2 Å². The van der Waals surface area contributed by atoms with Gasteiger partial charge in [0, 0.05) is 35.0 Å². The van der Waals surface area contributed by atoms with Gasteiger partial charge in [0.1, 0.15) is 19.0 Å². The van der Waals surface area contributed by atoms with E-state index in [1.165, 1.54) is 12.1 Å². The van der Waals surface area contributed by atoms with Crippen LogP contribution < -0.4 is 10.6 Å². The van der Waals surface area contributed by atoms with E-state index in [1.54, 1.807) is 12.1 Å². The maximum Gasteiger partial charge on any atom is 0.407 e. The number of hydrogen-bond donors (Lipinski definition) is 2. The number of halogens is 1. The van der Waals surface area contributed by atoms with E-state index < -0.39 is 12.2 Å². The molecule has 0 atom stereocenters. The molecule has 7 nitrogen and oxygen atoms in total. The third-order valence-electron chi connectivity index (χ3n) is 6.46. The van der Waals surface area contributed by atoms with E-state index in [0.29, 0.717) is 24.2 Å². The summed E-state index contributed by atoms with van der Waals surface area (Å²) in [6.07, 6.45) is -1.10. The number of carbonyl (C=O) groups is 2. The fourth-order valence-corrected chi connectivity index (χ4v) is 4.90. The second-order valence-electron chi connectivity index (χ2n) is 8.77. The highest BCUT2D eigenvalue weighted by Gasteiger charge is 2.25. The van der Waals surface area contributed by atoms with Crippen LogP contribution in [0, 0.1) is 5.82 Å². The van der Waals surface area contributed by atoms with E-state index >= 15 is 0 Å². The van der Waals surface area contributed by atoms with Crippen LogP contribution in [-0.2, 0) is 22.7 Å². The second-order valence-corrected chi connectivity index (χ2v) is 8.77. The Kier molecular flexibility index (Phi) is 7.13. The number of carbonyl (C=O) groups excluding carboxylic acids is 2. The molecule has 0 fully saturated rings. The average Bonchev–Trinajstić information content (AvgIpc) is 3.26. The predicted molar refractivity (Wildman–Crippen MR) is 146 cm³/mol. The molecule has 2 amide bonds. The fourth-order valence-electron chi connectivity index (χ4n) is 4.90. The lowest BCUT2D eigenvalue weighted by atomic mass is 10.0. The minimum atomic E-state index is -0.557. The lowest BCUT2D eigenvalue weighted by Gasteiger charge is -2.13. The Morgan fingerprint density at radius 2 is 1.29 bits per heavy atom. The lowest BCUT2D eigenvalue weighted by molar-refractivity contribution is 0.133. The van der Waals surface area contributed by atoms with Crippen LogP contribution in [-0.4, -0.2) is 29.7 Å². The van der Waals surface area contributed by atoms with Crippen molar-refractivity contribution in [2.75, 3.05) is 13.1 Å². The molecule has 0 saturated heterocycles. The first kappa shape index (κ1) is 25.1. The molecular weight excluding hydrogens is 485 g/mol. The molecule has 0 radical (unpaired) electrons. The monoisotopic (exact) mass is 513 g/mol. The van der Waals surface area contributed by atoms with Gasteiger partial charge in [-0.05, 0) is 55.1 Å². The van der Waals surface area contributed by atoms with Gasteiger partial charge in [0.2, 0.25) is 0 Å². The number of alkyl carbamates (subject to hydrolysis) is 2. The van der Waals surface area contributed by atoms with Crippen LogP contribution in [0.15, 0.2) is 72.8 Å². The molecule has 0 saturated carbocycles. The van der Waals surface area contributed by atoms with Crippen molar-refractivity contribution in [3.05, 3.63) is 89.7 Å². The first-order valence-corrected chi connectivity index (χ1v) is 12.6. The van der Waals surface area contributed by atoms with E-state index in [4.69, 9.17) is 9.47 Å². The molecule has 194 valence electrons. The average molecular weight is 514 g/mol. The number of hydrogen-bond acceptors (Lipinski definition) is 4. The zero-order valence-electron chi connectivity index (χ0n) is 21.2. The number of nitrogens with one attached hydrogen (secondary N) is 2. The van der Waals surface area contributed by atoms with Crippen LogP contribution in [0.5, 0.6) is 0 Å². The summed E-state index contributed by atoms with van der Waals surface area (Å²) in [5, 5.41) is 8.32. The summed E-state index contributed by atoms with van der Waals surface area (Å²) in [6, 6.07) is 22.2. The van der Waals surface area contributed by atoms with Crippen LogP contribution in [0.1, 0.15) is 25.0 Å². The number of ether oxygens (including phenoxy) is 2. The molecule has 2 N–H and O–H groups in total. The molecule has 5 aromatic rings. The molecule has 5 rings (SSSR count). The van der Waals surface area contributed by atoms with Crippen LogP contribution in [0.3, 0.4) is 0 Å². The number of aromatic nitrogens is 1. The Labute approximate surface area is 219 Å². The third-order valence-corrected chi connectivity index (χ3v) is 6.46. The van der Waals surface area contributed by atoms with Gasteiger partial charge in [-0.15, -0.1) is 0 Å². The smallest absolute Gasteiger partial charge is 0.407 e. The van der Waals surface area contributed by atoms with Gasteiger partial charge < -0.3 is 24.5 Å². The summed E-state index contributed by atoms with van der Waals surface area (Å²) in [5.41, 5.74) is 4.61. The quantitative estimate of drug-likeness (QED) is 0.242. The highest BCUT2D eigenvalue weighted by molar-refractivity contribution is 6.14. The molecule has 3 aromatic carbocycles. The van der Waals surface area contributed by atoms with Crippen LogP contribution in [0.4, 0.5) is 14.0 Å². The van der Waals surface area contributed by atoms with Gasteiger partial charge in [-0.2, -0.15) is 0 Å². The lowest BCUT2D eigenvalue weighted by Crippen LogP contribution is -2.24. The van der Waals surface area contributed by atoms with E-state index in [0.717, 1.165) is 38.4 Å². The number of fused-ring (bicyclic) bond motifs is 6. The Balaban J connectivity index is 1.87. The van der Waals surface area contributed by atoms with Gasteiger partial charge in [0.25, 0.3) is 0 Å². The number of benzene rings is 3. The van der Waals surface area contributed by atoms with Crippen LogP contribution >= 0.6 is 0 Å². The summed E-state index contributed by atoms with van der Waals surface area (Å²) >= 11 is 0. The number of amides is 2. The van der Waals surface area contributed by atoms with Gasteiger partial charge >= 0.3 is 12.2 Å². The fraction of sp³-hybridized carbons (Fsp3) is 0.200. The molecule has 2 aromatic heterocycles. The number of pyridine rings is 1. The summed E-state index contributed by atoms with van der Waals surface area (Å²) < 4.78 is 27.3. The first-order chi connectivity index (χ1) is 18.5. The summed E-state index contributed by atoms with van der Waals surface area (Å²) in [5.74, 6) is -0.357.